The molecule has 35 heavy (non-hydrogen) atoms. The van der Waals surface area contributed by atoms with E-state index in [1.54, 1.807) is 24.4 Å². The van der Waals surface area contributed by atoms with Crippen molar-refractivity contribution in [3.05, 3.63) is 108 Å². The Balaban J connectivity index is 1.24. The van der Waals surface area contributed by atoms with Crippen LogP contribution in [0.5, 0.6) is 5.75 Å². The van der Waals surface area contributed by atoms with Crippen LogP contribution in [-0.2, 0) is 17.8 Å². The van der Waals surface area contributed by atoms with Crippen molar-refractivity contribution in [3.8, 4) is 5.75 Å². The van der Waals surface area contributed by atoms with E-state index >= 15 is 0 Å². The van der Waals surface area contributed by atoms with Crippen LogP contribution >= 0.6 is 0 Å². The van der Waals surface area contributed by atoms with E-state index in [4.69, 9.17) is 9.47 Å². The molecule has 0 spiro atoms. The molecular weight excluding hydrogens is 443 g/mol. The third-order valence-corrected chi connectivity index (χ3v) is 6.25. The van der Waals surface area contributed by atoms with Gasteiger partial charge in [0.1, 0.15) is 18.2 Å². The zero-order chi connectivity index (χ0) is 24.0. The molecule has 5 rings (SSSR count). The number of aromatic nitrogens is 1. The van der Waals surface area contributed by atoms with Gasteiger partial charge in [0.15, 0.2) is 0 Å². The van der Waals surface area contributed by atoms with Crippen LogP contribution in [0.4, 0.5) is 4.39 Å². The molecule has 0 saturated carbocycles. The SMILES string of the molecule is O=C(c1cccc(OCc2ccc(F)cc2)c1)N1CCOCC(Cc2ccc3cnccc3c2)C1. The van der Waals surface area contributed by atoms with Crippen molar-refractivity contribution < 1.29 is 18.7 Å². The largest absolute Gasteiger partial charge is 0.489 e. The molecule has 0 radical (unpaired) electrons. The molecule has 1 aliphatic rings. The van der Waals surface area contributed by atoms with E-state index in [9.17, 15) is 9.18 Å². The summed E-state index contributed by atoms with van der Waals surface area (Å²) in [6.45, 7) is 2.64. The molecule has 1 unspecified atom stereocenters. The van der Waals surface area contributed by atoms with Gasteiger partial charge in [-0.2, -0.15) is 0 Å². The molecule has 1 fully saturated rings. The number of amides is 1. The van der Waals surface area contributed by atoms with Crippen molar-refractivity contribution >= 4 is 16.7 Å². The summed E-state index contributed by atoms with van der Waals surface area (Å²) < 4.78 is 24.8. The molecule has 6 heteroatoms. The van der Waals surface area contributed by atoms with Gasteiger partial charge in [0.25, 0.3) is 5.91 Å². The predicted octanol–water partition coefficient (Wildman–Crippen LogP) is 5.28. The van der Waals surface area contributed by atoms with E-state index in [1.165, 1.54) is 17.7 Å². The maximum absolute atomic E-state index is 13.4. The number of rotatable bonds is 6. The van der Waals surface area contributed by atoms with Gasteiger partial charge >= 0.3 is 0 Å². The van der Waals surface area contributed by atoms with E-state index in [-0.39, 0.29) is 17.6 Å². The minimum absolute atomic E-state index is 0.0303. The van der Waals surface area contributed by atoms with Crippen LogP contribution in [0.2, 0.25) is 0 Å². The number of benzene rings is 3. The standard InChI is InChI=1S/C29H27FN2O3/c30-27-8-5-21(6-9-27)20-35-28-3-1-2-25(16-28)29(33)32-12-13-34-19-23(18-32)14-22-4-7-26-17-31-11-10-24(26)15-22/h1-11,15-17,23H,12-14,18-20H2. The summed E-state index contributed by atoms with van der Waals surface area (Å²) in [5.41, 5.74) is 2.67. The average Bonchev–Trinajstić information content (AvgIpc) is 3.13. The third kappa shape index (κ3) is 5.84. The number of carbonyl (C=O) groups is 1. The van der Waals surface area contributed by atoms with Gasteiger partial charge in [-0.25, -0.2) is 4.39 Å². The lowest BCUT2D eigenvalue weighted by Gasteiger charge is -2.24. The van der Waals surface area contributed by atoms with Gasteiger partial charge in [-0.05, 0) is 59.3 Å². The molecule has 3 aromatic carbocycles. The van der Waals surface area contributed by atoms with Gasteiger partial charge in [0.2, 0.25) is 0 Å². The molecular formula is C29H27FN2O3. The molecule has 0 aliphatic carbocycles. The van der Waals surface area contributed by atoms with Crippen molar-refractivity contribution in [2.24, 2.45) is 5.92 Å². The summed E-state index contributed by atoms with van der Waals surface area (Å²) >= 11 is 0. The molecule has 5 nitrogen and oxygen atoms in total. The summed E-state index contributed by atoms with van der Waals surface area (Å²) in [7, 11) is 0. The highest BCUT2D eigenvalue weighted by atomic mass is 19.1. The summed E-state index contributed by atoms with van der Waals surface area (Å²) in [5.74, 6) is 0.503. The van der Waals surface area contributed by atoms with Crippen LogP contribution in [0.15, 0.2) is 85.2 Å². The molecule has 1 aromatic heterocycles. The Labute approximate surface area is 204 Å². The fourth-order valence-corrected chi connectivity index (χ4v) is 4.43. The van der Waals surface area contributed by atoms with Gasteiger partial charge in [-0.15, -0.1) is 0 Å². The number of pyridine rings is 1. The Hall–Kier alpha value is -3.77. The Morgan fingerprint density at radius 2 is 1.89 bits per heavy atom. The first-order valence-corrected chi connectivity index (χ1v) is 11.8. The molecule has 0 bridgehead atoms. The lowest BCUT2D eigenvalue weighted by Crippen LogP contribution is -2.36. The predicted molar refractivity (Wildman–Crippen MR) is 133 cm³/mol. The fourth-order valence-electron chi connectivity index (χ4n) is 4.43. The quantitative estimate of drug-likeness (QED) is 0.385. The number of fused-ring (bicyclic) bond motifs is 1. The summed E-state index contributed by atoms with van der Waals surface area (Å²) in [4.78, 5) is 19.4. The Morgan fingerprint density at radius 1 is 1.03 bits per heavy atom. The van der Waals surface area contributed by atoms with Gasteiger partial charge in [-0.3, -0.25) is 9.78 Å². The van der Waals surface area contributed by atoms with Gasteiger partial charge in [0, 0.05) is 42.4 Å². The van der Waals surface area contributed by atoms with Gasteiger partial charge in [-0.1, -0.05) is 36.4 Å². The molecule has 1 aliphatic heterocycles. The van der Waals surface area contributed by atoms with Crippen molar-refractivity contribution in [2.75, 3.05) is 26.3 Å². The fraction of sp³-hybridized carbons (Fsp3) is 0.241. The zero-order valence-electron chi connectivity index (χ0n) is 19.4. The van der Waals surface area contributed by atoms with E-state index in [2.05, 4.69) is 23.2 Å². The first kappa shape index (κ1) is 23.0. The summed E-state index contributed by atoms with van der Waals surface area (Å²) in [6.07, 6.45) is 4.51. The van der Waals surface area contributed by atoms with Crippen molar-refractivity contribution in [2.45, 2.75) is 13.0 Å². The molecule has 2 heterocycles. The summed E-state index contributed by atoms with van der Waals surface area (Å²) in [6, 6.07) is 21.8. The van der Waals surface area contributed by atoms with Crippen LogP contribution in [0, 0.1) is 11.7 Å². The lowest BCUT2D eigenvalue weighted by molar-refractivity contribution is 0.0737. The second-order valence-corrected chi connectivity index (χ2v) is 8.90. The Bertz CT molecular complexity index is 1310. The Kier molecular flexibility index (Phi) is 7.00. The van der Waals surface area contributed by atoms with Crippen molar-refractivity contribution in [1.29, 1.82) is 0 Å². The van der Waals surface area contributed by atoms with E-state index < -0.39 is 0 Å². The number of nitrogens with zero attached hydrogens (tertiary/aromatic N) is 2. The first-order valence-electron chi connectivity index (χ1n) is 11.8. The van der Waals surface area contributed by atoms with E-state index in [1.807, 2.05) is 35.4 Å². The Morgan fingerprint density at radius 3 is 2.77 bits per heavy atom. The highest BCUT2D eigenvalue weighted by Crippen LogP contribution is 2.21. The monoisotopic (exact) mass is 470 g/mol. The number of hydrogen-bond acceptors (Lipinski definition) is 4. The van der Waals surface area contributed by atoms with Crippen LogP contribution in [0.3, 0.4) is 0 Å². The van der Waals surface area contributed by atoms with Crippen molar-refractivity contribution in [3.63, 3.8) is 0 Å². The minimum atomic E-state index is -0.279. The molecule has 0 N–H and O–H groups in total. The lowest BCUT2D eigenvalue weighted by atomic mass is 9.97. The molecule has 1 atom stereocenters. The minimum Gasteiger partial charge on any atom is -0.489 e. The topological polar surface area (TPSA) is 51.7 Å². The molecule has 1 amide bonds. The van der Waals surface area contributed by atoms with E-state index in [0.29, 0.717) is 44.2 Å². The van der Waals surface area contributed by atoms with E-state index in [0.717, 1.165) is 22.8 Å². The van der Waals surface area contributed by atoms with Crippen molar-refractivity contribution in [1.82, 2.24) is 9.88 Å². The summed E-state index contributed by atoms with van der Waals surface area (Å²) in [5, 5.41) is 2.28. The number of ether oxygens (including phenoxy) is 2. The maximum atomic E-state index is 13.4. The normalized spacial score (nSPS) is 16.1. The van der Waals surface area contributed by atoms with Crippen LogP contribution in [0.1, 0.15) is 21.5 Å². The molecule has 4 aromatic rings. The number of carbonyl (C=O) groups excluding carboxylic acids is 1. The maximum Gasteiger partial charge on any atom is 0.254 e. The number of halogens is 1. The molecule has 1 saturated heterocycles. The van der Waals surface area contributed by atoms with Crippen LogP contribution < -0.4 is 4.74 Å². The van der Waals surface area contributed by atoms with Gasteiger partial charge in [0.05, 0.1) is 13.2 Å². The van der Waals surface area contributed by atoms with Crippen LogP contribution in [-0.4, -0.2) is 42.1 Å². The smallest absolute Gasteiger partial charge is 0.254 e. The van der Waals surface area contributed by atoms with Crippen LogP contribution in [0.25, 0.3) is 10.8 Å². The second kappa shape index (κ2) is 10.7. The highest BCUT2D eigenvalue weighted by molar-refractivity contribution is 5.94. The molecule has 178 valence electrons. The zero-order valence-corrected chi connectivity index (χ0v) is 19.4. The van der Waals surface area contributed by atoms with Gasteiger partial charge < -0.3 is 14.4 Å². The third-order valence-electron chi connectivity index (χ3n) is 6.25. The average molecular weight is 471 g/mol. The highest BCUT2D eigenvalue weighted by Gasteiger charge is 2.24. The number of hydrogen-bond donors (Lipinski definition) is 0. The second-order valence-electron chi connectivity index (χ2n) is 8.90. The first-order chi connectivity index (χ1) is 17.1.